The minimum Gasteiger partial charge on any atom is -0.354 e. The number of aromatic nitrogens is 2. The Bertz CT molecular complexity index is 664. The van der Waals surface area contributed by atoms with Gasteiger partial charge < -0.3 is 5.32 Å². The highest BCUT2D eigenvalue weighted by Gasteiger charge is 1.98. The van der Waals surface area contributed by atoms with Gasteiger partial charge in [0.1, 0.15) is 0 Å². The quantitative estimate of drug-likeness (QED) is 0.772. The van der Waals surface area contributed by atoms with Gasteiger partial charge in [0.15, 0.2) is 0 Å². The highest BCUT2D eigenvalue weighted by molar-refractivity contribution is 5.63. The van der Waals surface area contributed by atoms with Crippen LogP contribution in [0.3, 0.4) is 0 Å². The average Bonchev–Trinajstić information content (AvgIpc) is 2.57. The predicted molar refractivity (Wildman–Crippen MR) is 84.9 cm³/mol. The summed E-state index contributed by atoms with van der Waals surface area (Å²) in [5.74, 6) is 0.624. The molecule has 0 bridgehead atoms. The Hall–Kier alpha value is -2.68. The largest absolute Gasteiger partial charge is 0.354 e. The number of anilines is 1. The monoisotopic (exact) mass is 274 g/mol. The van der Waals surface area contributed by atoms with Gasteiger partial charge in [-0.3, -0.25) is 0 Å². The van der Waals surface area contributed by atoms with Crippen LogP contribution < -0.4 is 5.32 Å². The van der Waals surface area contributed by atoms with Crippen LogP contribution in [0.4, 0.5) is 5.95 Å². The average molecular weight is 274 g/mol. The summed E-state index contributed by atoms with van der Waals surface area (Å²) in [6, 6.07) is 20.8. The summed E-state index contributed by atoms with van der Waals surface area (Å²) < 4.78 is 0. The third-order valence-electron chi connectivity index (χ3n) is 3.27. The van der Waals surface area contributed by atoms with Crippen molar-refractivity contribution in [1.29, 1.82) is 0 Å². The van der Waals surface area contributed by atoms with E-state index >= 15 is 0 Å². The fourth-order valence-corrected chi connectivity index (χ4v) is 2.17. The van der Waals surface area contributed by atoms with Crippen molar-refractivity contribution in [2.75, 3.05) is 11.9 Å². The SMILES string of the molecule is [c]1ccnc(NCCc2ccc(-c3ccccc3)cc2)n1. The molecule has 3 aromatic rings. The molecule has 0 unspecified atom stereocenters. The van der Waals surface area contributed by atoms with Crippen LogP contribution in [0.2, 0.25) is 0 Å². The van der Waals surface area contributed by atoms with Crippen molar-refractivity contribution in [2.24, 2.45) is 0 Å². The fraction of sp³-hybridized carbons (Fsp3) is 0.111. The molecule has 1 aromatic heterocycles. The molecule has 0 saturated carbocycles. The molecule has 0 aliphatic carbocycles. The molecule has 21 heavy (non-hydrogen) atoms. The second kappa shape index (κ2) is 6.66. The number of hydrogen-bond donors (Lipinski definition) is 1. The molecule has 0 atom stereocenters. The maximum atomic E-state index is 4.11. The minimum atomic E-state index is 0.624. The first-order valence-corrected chi connectivity index (χ1v) is 6.99. The summed E-state index contributed by atoms with van der Waals surface area (Å²) in [4.78, 5) is 8.13. The van der Waals surface area contributed by atoms with Gasteiger partial charge in [-0.1, -0.05) is 54.6 Å². The van der Waals surface area contributed by atoms with Gasteiger partial charge in [0.2, 0.25) is 5.95 Å². The van der Waals surface area contributed by atoms with E-state index in [1.807, 2.05) is 6.07 Å². The third kappa shape index (κ3) is 3.66. The van der Waals surface area contributed by atoms with E-state index in [2.05, 4.69) is 70.0 Å². The lowest BCUT2D eigenvalue weighted by molar-refractivity contribution is 0.983. The van der Waals surface area contributed by atoms with Gasteiger partial charge in [-0.2, -0.15) is 0 Å². The molecule has 0 saturated heterocycles. The molecule has 3 heteroatoms. The van der Waals surface area contributed by atoms with Gasteiger partial charge in [-0.05, 0) is 29.2 Å². The summed E-state index contributed by atoms with van der Waals surface area (Å²) in [6.07, 6.45) is 5.38. The summed E-state index contributed by atoms with van der Waals surface area (Å²) in [5.41, 5.74) is 3.78. The second-order valence-electron chi connectivity index (χ2n) is 4.75. The number of nitrogens with zero attached hydrogens (tertiary/aromatic N) is 2. The van der Waals surface area contributed by atoms with Crippen LogP contribution in [0.15, 0.2) is 66.9 Å². The molecule has 2 aromatic carbocycles. The number of rotatable bonds is 5. The summed E-state index contributed by atoms with van der Waals surface area (Å²) in [7, 11) is 0. The summed E-state index contributed by atoms with van der Waals surface area (Å²) >= 11 is 0. The zero-order valence-corrected chi connectivity index (χ0v) is 11.7. The van der Waals surface area contributed by atoms with E-state index in [4.69, 9.17) is 0 Å². The smallest absolute Gasteiger partial charge is 0.223 e. The van der Waals surface area contributed by atoms with E-state index in [1.54, 1.807) is 12.3 Å². The molecule has 3 rings (SSSR count). The maximum absolute atomic E-state index is 4.11. The predicted octanol–water partition coefficient (Wildman–Crippen LogP) is 3.60. The molecule has 1 N–H and O–H groups in total. The lowest BCUT2D eigenvalue weighted by Crippen LogP contribution is -2.07. The summed E-state index contributed by atoms with van der Waals surface area (Å²) in [5, 5.41) is 3.19. The zero-order chi connectivity index (χ0) is 14.3. The molecule has 0 aliphatic rings. The number of benzene rings is 2. The van der Waals surface area contributed by atoms with E-state index in [0.29, 0.717) is 5.95 Å². The first-order valence-electron chi connectivity index (χ1n) is 6.99. The van der Waals surface area contributed by atoms with Crippen LogP contribution in [-0.4, -0.2) is 16.5 Å². The Labute approximate surface area is 124 Å². The zero-order valence-electron chi connectivity index (χ0n) is 11.7. The molecule has 0 spiro atoms. The van der Waals surface area contributed by atoms with Crippen molar-refractivity contribution in [3.8, 4) is 11.1 Å². The molecular formula is C18H16N3. The Morgan fingerprint density at radius 3 is 2.38 bits per heavy atom. The van der Waals surface area contributed by atoms with E-state index in [9.17, 15) is 0 Å². The molecule has 1 radical (unpaired) electrons. The van der Waals surface area contributed by atoms with Crippen LogP contribution in [0.25, 0.3) is 11.1 Å². The van der Waals surface area contributed by atoms with Crippen molar-refractivity contribution in [3.05, 3.63) is 78.6 Å². The maximum Gasteiger partial charge on any atom is 0.223 e. The standard InChI is InChI=1S/C18H16N3/c1-2-5-16(6-3-1)17-9-7-15(8-10-17)11-14-21-18-19-12-4-13-20-18/h1-10,12H,11,14H2,(H,19,20,21). The van der Waals surface area contributed by atoms with Gasteiger partial charge in [0.25, 0.3) is 0 Å². The lowest BCUT2D eigenvalue weighted by Gasteiger charge is -2.06. The Morgan fingerprint density at radius 1 is 0.905 bits per heavy atom. The Kier molecular flexibility index (Phi) is 4.22. The third-order valence-corrected chi connectivity index (χ3v) is 3.27. The van der Waals surface area contributed by atoms with E-state index in [-0.39, 0.29) is 0 Å². The first-order chi connectivity index (χ1) is 10.4. The van der Waals surface area contributed by atoms with E-state index in [1.165, 1.54) is 16.7 Å². The molecule has 1 heterocycles. The summed E-state index contributed by atoms with van der Waals surface area (Å²) in [6.45, 7) is 0.808. The van der Waals surface area contributed by atoms with Gasteiger partial charge >= 0.3 is 0 Å². The number of hydrogen-bond acceptors (Lipinski definition) is 3. The molecule has 103 valence electrons. The van der Waals surface area contributed by atoms with Crippen molar-refractivity contribution in [2.45, 2.75) is 6.42 Å². The topological polar surface area (TPSA) is 37.8 Å². The highest BCUT2D eigenvalue weighted by Crippen LogP contribution is 2.19. The Balaban J connectivity index is 1.58. The van der Waals surface area contributed by atoms with Gasteiger partial charge in [0, 0.05) is 12.7 Å². The first kappa shape index (κ1) is 13.3. The van der Waals surface area contributed by atoms with Gasteiger partial charge in [-0.15, -0.1) is 0 Å². The van der Waals surface area contributed by atoms with Crippen molar-refractivity contribution in [3.63, 3.8) is 0 Å². The fourth-order valence-electron chi connectivity index (χ4n) is 2.17. The van der Waals surface area contributed by atoms with Crippen molar-refractivity contribution < 1.29 is 0 Å². The van der Waals surface area contributed by atoms with Crippen LogP contribution in [0, 0.1) is 6.20 Å². The van der Waals surface area contributed by atoms with Gasteiger partial charge in [-0.25, -0.2) is 9.97 Å². The number of nitrogens with one attached hydrogen (secondary N) is 1. The van der Waals surface area contributed by atoms with Crippen LogP contribution >= 0.6 is 0 Å². The molecule has 3 nitrogen and oxygen atoms in total. The molecule has 0 aliphatic heterocycles. The van der Waals surface area contributed by atoms with Crippen molar-refractivity contribution in [1.82, 2.24) is 9.97 Å². The van der Waals surface area contributed by atoms with Crippen molar-refractivity contribution >= 4 is 5.95 Å². The van der Waals surface area contributed by atoms with Crippen LogP contribution in [0.1, 0.15) is 5.56 Å². The van der Waals surface area contributed by atoms with E-state index in [0.717, 1.165) is 13.0 Å². The van der Waals surface area contributed by atoms with Crippen LogP contribution in [0.5, 0.6) is 0 Å². The molecule has 0 fully saturated rings. The molecule has 0 amide bonds. The Morgan fingerprint density at radius 2 is 1.67 bits per heavy atom. The van der Waals surface area contributed by atoms with Gasteiger partial charge in [0.05, 0.1) is 6.20 Å². The highest BCUT2D eigenvalue weighted by atomic mass is 15.1. The lowest BCUT2D eigenvalue weighted by atomic mass is 10.0. The second-order valence-corrected chi connectivity index (χ2v) is 4.75. The molecular weight excluding hydrogens is 258 g/mol. The minimum absolute atomic E-state index is 0.624. The van der Waals surface area contributed by atoms with E-state index < -0.39 is 0 Å². The van der Waals surface area contributed by atoms with Crippen LogP contribution in [-0.2, 0) is 6.42 Å². The normalized spacial score (nSPS) is 10.3.